The fourth-order valence-corrected chi connectivity index (χ4v) is 2.30. The van der Waals surface area contributed by atoms with Gasteiger partial charge in [-0.1, -0.05) is 0 Å². The zero-order valence-electron chi connectivity index (χ0n) is 11.7. The number of rotatable bonds is 2. The van der Waals surface area contributed by atoms with E-state index in [0.29, 0.717) is 11.3 Å². The Hall–Kier alpha value is -2.87. The lowest BCUT2D eigenvalue weighted by molar-refractivity contribution is -0.114. The van der Waals surface area contributed by atoms with Crippen molar-refractivity contribution in [3.8, 4) is 0 Å². The van der Waals surface area contributed by atoms with Crippen LogP contribution in [0.2, 0.25) is 0 Å². The van der Waals surface area contributed by atoms with Crippen LogP contribution in [0.25, 0.3) is 10.3 Å². The maximum absolute atomic E-state index is 10.6. The zero-order chi connectivity index (χ0) is 16.1. The molecule has 0 atom stereocenters. The number of fused-ring (bicyclic) bond motifs is 1. The summed E-state index contributed by atoms with van der Waals surface area (Å²) in [6.45, 7) is 1.47. The second-order valence-electron chi connectivity index (χ2n) is 4.36. The lowest BCUT2D eigenvalue weighted by Gasteiger charge is -2.00. The van der Waals surface area contributed by atoms with Gasteiger partial charge in [-0.25, -0.2) is 9.78 Å². The standard InChI is InChI=1S/C8H10N2O.C6H4N2O2S/c1-6(11)10-8-4-2-7(9)3-5-8;9-6(10)3-1-4-5(8-3)7-2-11-4/h2-5H,9H2,1H3,(H,10,11);1-2,8H,(H,9,10). The predicted octanol–water partition coefficient (Wildman–Crippen LogP) is 2.55. The van der Waals surface area contributed by atoms with Crippen molar-refractivity contribution < 1.29 is 14.7 Å². The van der Waals surface area contributed by atoms with E-state index in [9.17, 15) is 9.59 Å². The number of benzene rings is 1. The van der Waals surface area contributed by atoms with Gasteiger partial charge in [0.1, 0.15) is 11.3 Å². The summed E-state index contributed by atoms with van der Waals surface area (Å²) < 4.78 is 0.877. The molecule has 0 saturated heterocycles. The smallest absolute Gasteiger partial charge is 0.352 e. The van der Waals surface area contributed by atoms with Gasteiger partial charge in [0, 0.05) is 18.3 Å². The van der Waals surface area contributed by atoms with Gasteiger partial charge in [0.2, 0.25) is 5.91 Å². The molecule has 0 saturated carbocycles. The third-order valence-electron chi connectivity index (χ3n) is 2.58. The average molecular weight is 318 g/mol. The number of anilines is 2. The van der Waals surface area contributed by atoms with E-state index in [1.54, 1.807) is 35.8 Å². The zero-order valence-corrected chi connectivity index (χ0v) is 12.5. The second kappa shape index (κ2) is 6.72. The number of carboxylic acids is 1. The summed E-state index contributed by atoms with van der Waals surface area (Å²) in [5.41, 5.74) is 9.42. The third-order valence-corrected chi connectivity index (χ3v) is 3.36. The number of nitrogens with zero attached hydrogens (tertiary/aromatic N) is 1. The van der Waals surface area contributed by atoms with Crippen LogP contribution in [-0.4, -0.2) is 27.0 Å². The van der Waals surface area contributed by atoms with Crippen molar-refractivity contribution in [3.05, 3.63) is 41.5 Å². The van der Waals surface area contributed by atoms with E-state index >= 15 is 0 Å². The van der Waals surface area contributed by atoms with Crippen molar-refractivity contribution in [1.29, 1.82) is 0 Å². The van der Waals surface area contributed by atoms with Gasteiger partial charge in [0.05, 0.1) is 10.2 Å². The largest absolute Gasteiger partial charge is 0.477 e. The summed E-state index contributed by atoms with van der Waals surface area (Å²) in [5.74, 6) is -1.02. The number of aromatic amines is 1. The molecule has 114 valence electrons. The number of nitrogens with one attached hydrogen (secondary N) is 2. The molecule has 2 heterocycles. The molecule has 1 amide bonds. The summed E-state index contributed by atoms with van der Waals surface area (Å²) in [7, 11) is 0. The highest BCUT2D eigenvalue weighted by atomic mass is 32.1. The minimum absolute atomic E-state index is 0.0743. The average Bonchev–Trinajstić information content (AvgIpc) is 3.02. The molecule has 5 N–H and O–H groups in total. The maximum Gasteiger partial charge on any atom is 0.352 e. The number of aromatic nitrogens is 2. The molecular formula is C14H14N4O3S. The predicted molar refractivity (Wildman–Crippen MR) is 86.1 cm³/mol. The highest BCUT2D eigenvalue weighted by Crippen LogP contribution is 2.17. The molecule has 2 aromatic heterocycles. The van der Waals surface area contributed by atoms with Gasteiger partial charge >= 0.3 is 5.97 Å². The van der Waals surface area contributed by atoms with Crippen molar-refractivity contribution in [3.63, 3.8) is 0 Å². The van der Waals surface area contributed by atoms with E-state index in [1.165, 1.54) is 18.3 Å². The molecule has 0 aliphatic heterocycles. The number of nitrogens with two attached hydrogens (primary N) is 1. The van der Waals surface area contributed by atoms with Crippen LogP contribution < -0.4 is 11.1 Å². The van der Waals surface area contributed by atoms with E-state index in [1.807, 2.05) is 0 Å². The molecule has 8 heteroatoms. The molecule has 0 aliphatic rings. The first kappa shape index (κ1) is 15.5. The molecule has 0 fully saturated rings. The normalized spacial score (nSPS) is 9.86. The maximum atomic E-state index is 10.6. The van der Waals surface area contributed by atoms with Crippen LogP contribution in [0.4, 0.5) is 11.4 Å². The Morgan fingerprint density at radius 1 is 1.32 bits per heavy atom. The van der Waals surface area contributed by atoms with Crippen LogP contribution in [0.1, 0.15) is 17.4 Å². The highest BCUT2D eigenvalue weighted by molar-refractivity contribution is 7.16. The lowest BCUT2D eigenvalue weighted by atomic mass is 10.3. The number of amides is 1. The number of carbonyl (C=O) groups is 2. The van der Waals surface area contributed by atoms with Gasteiger partial charge in [-0.3, -0.25) is 4.79 Å². The SMILES string of the molecule is CC(=O)Nc1ccc(N)cc1.O=C(O)c1cc2scnc2[nH]1. The quantitative estimate of drug-likeness (QED) is 0.541. The minimum Gasteiger partial charge on any atom is -0.477 e. The van der Waals surface area contributed by atoms with Crippen LogP contribution in [0.5, 0.6) is 0 Å². The Bertz CT molecular complexity index is 763. The molecule has 0 radical (unpaired) electrons. The molecule has 3 aromatic rings. The number of carboxylic acid groups (broad SMARTS) is 1. The summed E-state index contributed by atoms with van der Waals surface area (Å²) in [4.78, 5) is 27.6. The Morgan fingerprint density at radius 2 is 2.00 bits per heavy atom. The fourth-order valence-electron chi connectivity index (χ4n) is 1.63. The molecule has 7 nitrogen and oxygen atoms in total. The molecule has 22 heavy (non-hydrogen) atoms. The van der Waals surface area contributed by atoms with E-state index < -0.39 is 5.97 Å². The molecule has 3 rings (SSSR count). The number of thiazole rings is 1. The molecule has 0 spiro atoms. The van der Waals surface area contributed by atoms with Crippen LogP contribution in [0.3, 0.4) is 0 Å². The van der Waals surface area contributed by atoms with Crippen molar-refractivity contribution in [2.24, 2.45) is 0 Å². The Labute approximate surface area is 129 Å². The monoisotopic (exact) mass is 318 g/mol. The fraction of sp³-hybridized carbons (Fsp3) is 0.0714. The van der Waals surface area contributed by atoms with Crippen LogP contribution in [-0.2, 0) is 4.79 Å². The molecular weight excluding hydrogens is 304 g/mol. The number of hydrogen-bond donors (Lipinski definition) is 4. The first-order valence-corrected chi connectivity index (χ1v) is 7.12. The van der Waals surface area contributed by atoms with Crippen LogP contribution >= 0.6 is 11.3 Å². The van der Waals surface area contributed by atoms with Crippen molar-refractivity contribution in [1.82, 2.24) is 9.97 Å². The molecule has 1 aromatic carbocycles. The van der Waals surface area contributed by atoms with Gasteiger partial charge in [0.25, 0.3) is 0 Å². The van der Waals surface area contributed by atoms with Crippen molar-refractivity contribution in [2.75, 3.05) is 11.1 Å². The third kappa shape index (κ3) is 4.06. The van der Waals surface area contributed by atoms with Crippen LogP contribution in [0.15, 0.2) is 35.8 Å². The summed E-state index contributed by atoms with van der Waals surface area (Å²) in [6.07, 6.45) is 0. The topological polar surface area (TPSA) is 121 Å². The first-order chi connectivity index (χ1) is 10.5. The molecule has 0 aliphatic carbocycles. The summed E-state index contributed by atoms with van der Waals surface area (Å²) in [6, 6.07) is 8.58. The number of hydrogen-bond acceptors (Lipinski definition) is 5. The van der Waals surface area contributed by atoms with Crippen LogP contribution in [0, 0.1) is 0 Å². The molecule has 0 unspecified atom stereocenters. The Morgan fingerprint density at radius 3 is 2.55 bits per heavy atom. The minimum atomic E-state index is -0.949. The van der Waals surface area contributed by atoms with E-state index in [2.05, 4.69) is 15.3 Å². The van der Waals surface area contributed by atoms with Gasteiger partial charge in [0.15, 0.2) is 0 Å². The summed E-state index contributed by atoms with van der Waals surface area (Å²) >= 11 is 1.42. The lowest BCUT2D eigenvalue weighted by Crippen LogP contribution is -2.05. The highest BCUT2D eigenvalue weighted by Gasteiger charge is 2.07. The summed E-state index contributed by atoms with van der Waals surface area (Å²) in [5, 5.41) is 11.2. The van der Waals surface area contributed by atoms with Gasteiger partial charge in [-0.05, 0) is 30.3 Å². The number of aromatic carboxylic acids is 1. The Balaban J connectivity index is 0.000000160. The number of carbonyl (C=O) groups excluding carboxylic acids is 1. The van der Waals surface area contributed by atoms with E-state index in [-0.39, 0.29) is 11.6 Å². The van der Waals surface area contributed by atoms with E-state index in [4.69, 9.17) is 10.8 Å². The van der Waals surface area contributed by atoms with Crippen molar-refractivity contribution >= 4 is 44.9 Å². The Kier molecular flexibility index (Phi) is 4.74. The number of nitrogen functional groups attached to an aromatic ring is 1. The van der Waals surface area contributed by atoms with Crippen molar-refractivity contribution in [2.45, 2.75) is 6.92 Å². The second-order valence-corrected chi connectivity index (χ2v) is 5.24. The first-order valence-electron chi connectivity index (χ1n) is 6.24. The van der Waals surface area contributed by atoms with Gasteiger partial charge in [-0.15, -0.1) is 11.3 Å². The van der Waals surface area contributed by atoms with E-state index in [0.717, 1.165) is 10.4 Å². The molecule has 0 bridgehead atoms. The van der Waals surface area contributed by atoms with Gasteiger partial charge in [-0.2, -0.15) is 0 Å². The number of H-pyrrole nitrogens is 1. The van der Waals surface area contributed by atoms with Gasteiger partial charge < -0.3 is 21.1 Å².